The highest BCUT2D eigenvalue weighted by molar-refractivity contribution is 6.00. The van der Waals surface area contributed by atoms with Gasteiger partial charge in [-0.2, -0.15) is 0 Å². The predicted octanol–water partition coefficient (Wildman–Crippen LogP) is 13.3. The number of nitrogens with zero attached hydrogens (tertiary/aromatic N) is 2. The zero-order chi connectivity index (χ0) is 34.5. The van der Waals surface area contributed by atoms with Gasteiger partial charge in [0.05, 0.1) is 22.7 Å². The molecule has 10 rings (SSSR count). The van der Waals surface area contributed by atoms with Gasteiger partial charge in [-0.25, -0.2) is 0 Å². The smallest absolute Gasteiger partial charge is 0.175 e. The largest absolute Gasteiger partial charge is 0.451 e. The lowest BCUT2D eigenvalue weighted by Gasteiger charge is -2.46. The highest BCUT2D eigenvalue weighted by atomic mass is 16.5. The van der Waals surface area contributed by atoms with Gasteiger partial charge in [-0.1, -0.05) is 137 Å². The third kappa shape index (κ3) is 4.18. The first-order valence-electron chi connectivity index (χ1n) is 17.9. The van der Waals surface area contributed by atoms with Gasteiger partial charge >= 0.3 is 0 Å². The summed E-state index contributed by atoms with van der Waals surface area (Å²) in [5.74, 6) is 1.71. The first kappa shape index (κ1) is 29.8. The van der Waals surface area contributed by atoms with E-state index < -0.39 is 0 Å². The molecule has 1 aliphatic carbocycles. The summed E-state index contributed by atoms with van der Waals surface area (Å²) >= 11 is 0. The third-order valence-electron chi connectivity index (χ3n) is 11.4. The molecular weight excluding hydrogens is 621 g/mol. The number of rotatable bonds is 4. The standard InChI is InChI=1S/C48H38N2O/c1-47(2)37-22-12-11-20-35(37)36-27-26-33(30-39(36)47)49(32-18-9-6-10-19-32)42-29-28-38-45-46(42)51-43-25-14-13-23-40(43)50(45)41-24-15-21-34(44(41)48(38,3)4)31-16-7-5-8-17-31/h5-30H,1-4H3. The molecule has 0 radical (unpaired) electrons. The summed E-state index contributed by atoms with van der Waals surface area (Å²) < 4.78 is 7.10. The number of ether oxygens (including phenoxy) is 1. The Morgan fingerprint density at radius 2 is 1.16 bits per heavy atom. The fourth-order valence-corrected chi connectivity index (χ4v) is 8.98. The van der Waals surface area contributed by atoms with E-state index in [1.54, 1.807) is 0 Å². The highest BCUT2D eigenvalue weighted by Crippen LogP contribution is 2.64. The number of hydrogen-bond acceptors (Lipinski definition) is 3. The molecule has 0 amide bonds. The minimum Gasteiger partial charge on any atom is -0.451 e. The first-order valence-corrected chi connectivity index (χ1v) is 17.9. The second-order valence-corrected chi connectivity index (χ2v) is 15.0. The zero-order valence-electron chi connectivity index (χ0n) is 29.3. The van der Waals surface area contributed by atoms with E-state index in [1.165, 1.54) is 50.2 Å². The maximum atomic E-state index is 7.10. The topological polar surface area (TPSA) is 15.7 Å². The summed E-state index contributed by atoms with van der Waals surface area (Å²) in [5.41, 5.74) is 16.5. The average Bonchev–Trinajstić information content (AvgIpc) is 3.39. The van der Waals surface area contributed by atoms with Gasteiger partial charge < -0.3 is 14.5 Å². The number of anilines is 6. The minimum absolute atomic E-state index is 0.120. The van der Waals surface area contributed by atoms with Crippen LogP contribution in [0.1, 0.15) is 49.9 Å². The van der Waals surface area contributed by atoms with Crippen molar-refractivity contribution in [3.63, 3.8) is 0 Å². The molecule has 7 aromatic rings. The zero-order valence-corrected chi connectivity index (χ0v) is 29.3. The third-order valence-corrected chi connectivity index (χ3v) is 11.4. The molecule has 3 nitrogen and oxygen atoms in total. The Labute approximate surface area is 300 Å². The normalized spacial score (nSPS) is 15.1. The molecule has 2 aliphatic heterocycles. The summed E-state index contributed by atoms with van der Waals surface area (Å²) in [6.07, 6.45) is 0. The van der Waals surface area contributed by atoms with Gasteiger partial charge in [0, 0.05) is 22.2 Å². The SMILES string of the molecule is CC1(C)c2ccccc2-c2ccc(N(c3ccccc3)c3ccc4c5c3Oc3ccccc3N5c3cccc(-c5ccccc5)c3C4(C)C)cc21. The van der Waals surface area contributed by atoms with E-state index in [4.69, 9.17) is 4.74 Å². The van der Waals surface area contributed by atoms with Crippen LogP contribution in [0.4, 0.5) is 34.1 Å². The lowest BCUT2D eigenvalue weighted by Crippen LogP contribution is -2.33. The highest BCUT2D eigenvalue weighted by Gasteiger charge is 2.44. The molecule has 0 fully saturated rings. The first-order chi connectivity index (χ1) is 24.8. The monoisotopic (exact) mass is 658 g/mol. The van der Waals surface area contributed by atoms with Gasteiger partial charge in [0.2, 0.25) is 0 Å². The van der Waals surface area contributed by atoms with Crippen LogP contribution in [0, 0.1) is 0 Å². The predicted molar refractivity (Wildman–Crippen MR) is 211 cm³/mol. The van der Waals surface area contributed by atoms with Crippen molar-refractivity contribution < 1.29 is 4.74 Å². The molecule has 0 saturated heterocycles. The number of benzene rings is 7. The summed E-state index contributed by atoms with van der Waals surface area (Å²) in [5, 5.41) is 0. The van der Waals surface area contributed by atoms with Gasteiger partial charge in [0.1, 0.15) is 0 Å². The lowest BCUT2D eigenvalue weighted by atomic mass is 9.70. The van der Waals surface area contributed by atoms with Crippen molar-refractivity contribution in [3.05, 3.63) is 180 Å². The van der Waals surface area contributed by atoms with E-state index in [2.05, 4.69) is 195 Å². The van der Waals surface area contributed by atoms with Crippen molar-refractivity contribution in [2.75, 3.05) is 9.80 Å². The van der Waals surface area contributed by atoms with E-state index >= 15 is 0 Å². The van der Waals surface area contributed by atoms with E-state index in [-0.39, 0.29) is 10.8 Å². The molecule has 3 aliphatic rings. The van der Waals surface area contributed by atoms with Crippen LogP contribution in [0.15, 0.2) is 158 Å². The van der Waals surface area contributed by atoms with Crippen LogP contribution in [0.5, 0.6) is 11.5 Å². The van der Waals surface area contributed by atoms with E-state index in [9.17, 15) is 0 Å². The molecule has 0 N–H and O–H groups in total. The van der Waals surface area contributed by atoms with Crippen molar-refractivity contribution >= 4 is 34.1 Å². The Morgan fingerprint density at radius 1 is 0.490 bits per heavy atom. The summed E-state index contributed by atoms with van der Waals surface area (Å²) in [7, 11) is 0. The Morgan fingerprint density at radius 3 is 1.98 bits per heavy atom. The fourth-order valence-electron chi connectivity index (χ4n) is 8.98. The van der Waals surface area contributed by atoms with Crippen LogP contribution in [0.25, 0.3) is 22.3 Å². The minimum atomic E-state index is -0.308. The van der Waals surface area contributed by atoms with Crippen LogP contribution >= 0.6 is 0 Å². The van der Waals surface area contributed by atoms with E-state index in [1.807, 2.05) is 0 Å². The quantitative estimate of drug-likeness (QED) is 0.187. The van der Waals surface area contributed by atoms with Gasteiger partial charge in [-0.3, -0.25) is 0 Å². The van der Waals surface area contributed by atoms with Crippen molar-refractivity contribution in [3.8, 4) is 33.8 Å². The summed E-state index contributed by atoms with van der Waals surface area (Å²) in [4.78, 5) is 4.83. The van der Waals surface area contributed by atoms with Gasteiger partial charge in [-0.05, 0) is 93.0 Å². The van der Waals surface area contributed by atoms with E-state index in [0.717, 1.165) is 39.9 Å². The van der Waals surface area contributed by atoms with Gasteiger partial charge in [-0.15, -0.1) is 0 Å². The lowest BCUT2D eigenvalue weighted by molar-refractivity contribution is 0.472. The summed E-state index contributed by atoms with van der Waals surface area (Å²) in [6, 6.07) is 57.1. The number of hydrogen-bond donors (Lipinski definition) is 0. The Bertz CT molecular complexity index is 2510. The molecule has 0 saturated carbocycles. The van der Waals surface area contributed by atoms with Gasteiger partial charge in [0.15, 0.2) is 11.5 Å². The van der Waals surface area contributed by atoms with Gasteiger partial charge in [0.25, 0.3) is 0 Å². The maximum Gasteiger partial charge on any atom is 0.175 e. The molecule has 0 atom stereocenters. The van der Waals surface area contributed by atoms with Crippen molar-refractivity contribution in [1.29, 1.82) is 0 Å². The maximum absolute atomic E-state index is 7.10. The van der Waals surface area contributed by atoms with Crippen LogP contribution < -0.4 is 14.5 Å². The Hall–Kier alpha value is -6.06. The second kappa shape index (κ2) is 10.7. The molecule has 0 aromatic heterocycles. The molecule has 0 spiro atoms. The number of para-hydroxylation sites is 3. The Kier molecular flexibility index (Phi) is 6.27. The van der Waals surface area contributed by atoms with Crippen molar-refractivity contribution in [2.45, 2.75) is 38.5 Å². The molecule has 0 unspecified atom stereocenters. The second-order valence-electron chi connectivity index (χ2n) is 15.0. The summed E-state index contributed by atoms with van der Waals surface area (Å²) in [6.45, 7) is 9.41. The van der Waals surface area contributed by atoms with Crippen LogP contribution in [0.3, 0.4) is 0 Å². The Balaban J connectivity index is 1.23. The van der Waals surface area contributed by atoms with Crippen molar-refractivity contribution in [2.24, 2.45) is 0 Å². The van der Waals surface area contributed by atoms with Crippen LogP contribution in [-0.4, -0.2) is 0 Å². The molecular formula is C48H38N2O. The van der Waals surface area contributed by atoms with Crippen LogP contribution in [0.2, 0.25) is 0 Å². The molecule has 3 heteroatoms. The molecule has 2 heterocycles. The molecule has 51 heavy (non-hydrogen) atoms. The van der Waals surface area contributed by atoms with Crippen molar-refractivity contribution in [1.82, 2.24) is 0 Å². The molecule has 0 bridgehead atoms. The average molecular weight is 659 g/mol. The molecule has 7 aromatic carbocycles. The molecule has 246 valence electrons. The number of fused-ring (bicyclic) bond motifs is 7. The fraction of sp³-hybridized carbons (Fsp3) is 0.125. The van der Waals surface area contributed by atoms with E-state index in [0.29, 0.717) is 0 Å². The van der Waals surface area contributed by atoms with Crippen LogP contribution in [-0.2, 0) is 10.8 Å².